The van der Waals surface area contributed by atoms with Crippen LogP contribution in [0.5, 0.6) is 0 Å². The van der Waals surface area contributed by atoms with Crippen molar-refractivity contribution in [1.29, 1.82) is 0 Å². The van der Waals surface area contributed by atoms with Crippen LogP contribution >= 0.6 is 11.9 Å². The second kappa shape index (κ2) is 4.82. The first-order valence-corrected chi connectivity index (χ1v) is 9.23. The van der Waals surface area contributed by atoms with E-state index in [1.807, 2.05) is 11.9 Å². The molecule has 0 aromatic rings. The average Bonchev–Trinajstić information content (AvgIpc) is 2.49. The van der Waals surface area contributed by atoms with Gasteiger partial charge in [0.1, 0.15) is 6.10 Å². The van der Waals surface area contributed by atoms with Crippen molar-refractivity contribution in [3.8, 4) is 0 Å². The lowest BCUT2D eigenvalue weighted by Crippen LogP contribution is -2.47. The van der Waals surface area contributed by atoms with E-state index in [-0.39, 0.29) is 5.54 Å². The van der Waals surface area contributed by atoms with Crippen molar-refractivity contribution in [3.05, 3.63) is 0 Å². The lowest BCUT2D eigenvalue weighted by Gasteiger charge is -2.50. The Balaban J connectivity index is 1.47. The van der Waals surface area contributed by atoms with Crippen LogP contribution in [0.25, 0.3) is 0 Å². The summed E-state index contributed by atoms with van der Waals surface area (Å²) < 4.78 is 9.58. The summed E-state index contributed by atoms with van der Waals surface area (Å²) in [5.41, 5.74) is 0.814. The Morgan fingerprint density at radius 3 is 2.55 bits per heavy atom. The van der Waals surface area contributed by atoms with Gasteiger partial charge in [-0.1, -0.05) is 13.3 Å². The average molecular weight is 294 g/mol. The molecule has 1 heterocycles. The molecule has 0 aromatic heterocycles. The number of hydrogen-bond acceptors (Lipinski definition) is 3. The van der Waals surface area contributed by atoms with Gasteiger partial charge in [-0.25, -0.2) is 4.99 Å². The summed E-state index contributed by atoms with van der Waals surface area (Å²) in [6, 6.07) is 0.837. The molecule has 1 saturated heterocycles. The molecule has 1 N–H and O–H groups in total. The van der Waals surface area contributed by atoms with Crippen molar-refractivity contribution in [3.63, 3.8) is 0 Å². The summed E-state index contributed by atoms with van der Waals surface area (Å²) in [4.78, 5) is 5.07. The topological polar surface area (TPSA) is 33.6 Å². The number of nitrogens with zero attached hydrogens (tertiary/aromatic N) is 1. The lowest BCUT2D eigenvalue weighted by molar-refractivity contribution is 0.0574. The molecule has 4 aliphatic carbocycles. The normalized spacial score (nSPS) is 49.4. The molecule has 0 aromatic carbocycles. The van der Waals surface area contributed by atoms with Gasteiger partial charge in [-0.2, -0.15) is 0 Å². The maximum absolute atomic E-state index is 6.18. The van der Waals surface area contributed by atoms with Gasteiger partial charge < -0.3 is 4.74 Å². The molecule has 0 spiro atoms. The molecule has 5 aliphatic rings. The second-order valence-corrected chi connectivity index (χ2v) is 8.70. The van der Waals surface area contributed by atoms with Crippen LogP contribution in [0.15, 0.2) is 4.99 Å². The highest BCUT2D eigenvalue weighted by Gasteiger charge is 2.47. The Kier molecular flexibility index (Phi) is 3.21. The molecule has 5 rings (SSSR count). The van der Waals surface area contributed by atoms with Gasteiger partial charge in [-0.15, -0.1) is 0 Å². The molecule has 20 heavy (non-hydrogen) atoms. The molecular formula is C16H26N2OS. The zero-order valence-electron chi connectivity index (χ0n) is 12.5. The molecule has 4 heteroatoms. The van der Waals surface area contributed by atoms with E-state index >= 15 is 0 Å². The van der Waals surface area contributed by atoms with Gasteiger partial charge in [0.15, 0.2) is 0 Å². The molecule has 0 radical (unpaired) electrons. The number of amidine groups is 1. The van der Waals surface area contributed by atoms with E-state index in [1.165, 1.54) is 64.2 Å². The van der Waals surface area contributed by atoms with Crippen LogP contribution in [0.1, 0.15) is 71.1 Å². The highest BCUT2D eigenvalue weighted by Crippen LogP contribution is 2.53. The minimum Gasteiger partial charge on any atom is -0.460 e. The Hall–Kier alpha value is -0.380. The maximum atomic E-state index is 6.18. The molecule has 5 fully saturated rings. The molecule has 2 bridgehead atoms. The van der Waals surface area contributed by atoms with Gasteiger partial charge in [0.25, 0.3) is 6.02 Å². The third-order valence-electron chi connectivity index (χ3n) is 6.12. The largest absolute Gasteiger partial charge is 0.460 e. The highest BCUT2D eigenvalue weighted by molar-refractivity contribution is 7.98. The number of hydrogen-bond donors (Lipinski definition) is 1. The minimum atomic E-state index is 0.197. The van der Waals surface area contributed by atoms with Crippen LogP contribution in [-0.4, -0.2) is 22.9 Å². The molecule has 4 saturated carbocycles. The fraction of sp³-hybridized carbons (Fsp3) is 0.938. The van der Waals surface area contributed by atoms with Crippen molar-refractivity contribution in [1.82, 2.24) is 4.72 Å². The fourth-order valence-corrected chi connectivity index (χ4v) is 5.39. The molecule has 2 atom stereocenters. The Morgan fingerprint density at radius 1 is 1.10 bits per heavy atom. The number of ether oxygens (including phenoxy) is 1. The van der Waals surface area contributed by atoms with Crippen molar-refractivity contribution >= 4 is 18.0 Å². The summed E-state index contributed by atoms with van der Waals surface area (Å²) in [7, 11) is 0. The first-order valence-electron chi connectivity index (χ1n) is 8.35. The van der Waals surface area contributed by atoms with E-state index in [4.69, 9.17) is 9.73 Å². The number of nitrogens with one attached hydrogen (secondary N) is 1. The van der Waals surface area contributed by atoms with Crippen LogP contribution in [0.3, 0.4) is 0 Å². The van der Waals surface area contributed by atoms with E-state index in [0.29, 0.717) is 16.8 Å². The predicted octanol–water partition coefficient (Wildman–Crippen LogP) is 4.03. The van der Waals surface area contributed by atoms with Gasteiger partial charge >= 0.3 is 0 Å². The highest BCUT2D eigenvalue weighted by atomic mass is 32.2. The van der Waals surface area contributed by atoms with Gasteiger partial charge in [0.05, 0.1) is 10.8 Å². The first-order chi connectivity index (χ1) is 9.67. The van der Waals surface area contributed by atoms with Crippen LogP contribution in [-0.2, 0) is 4.74 Å². The molecule has 112 valence electrons. The van der Waals surface area contributed by atoms with E-state index in [2.05, 4.69) is 11.6 Å². The lowest BCUT2D eigenvalue weighted by atomic mass is 9.58. The number of aliphatic imine (C=N–C) groups is 1. The molecule has 0 unspecified atom stereocenters. The van der Waals surface area contributed by atoms with E-state index in [0.717, 1.165) is 6.02 Å². The Labute approximate surface area is 126 Å². The smallest absolute Gasteiger partial charge is 0.295 e. The standard InChI is InChI=1S/C16H26N2OS/c1-15-6-9-16(10-7-15,11-8-15)17-14-18-20-13-5-3-2-4-12(13)19-14/h12-13H,2-11H2,1H3,(H,17,18)/t12-,13+,15?,16?/m1/s1. The number of rotatable bonds is 1. The summed E-state index contributed by atoms with van der Waals surface area (Å²) in [5, 5.41) is 0.640. The van der Waals surface area contributed by atoms with Crippen molar-refractivity contribution in [2.75, 3.05) is 0 Å². The van der Waals surface area contributed by atoms with Crippen LogP contribution in [0.2, 0.25) is 0 Å². The van der Waals surface area contributed by atoms with Crippen LogP contribution in [0, 0.1) is 5.41 Å². The van der Waals surface area contributed by atoms with E-state index in [1.54, 1.807) is 0 Å². The summed E-state index contributed by atoms with van der Waals surface area (Å²) in [5.74, 6) is 0. The Morgan fingerprint density at radius 2 is 1.80 bits per heavy atom. The molecule has 1 aliphatic heterocycles. The third-order valence-corrected chi connectivity index (χ3v) is 7.26. The summed E-state index contributed by atoms with van der Waals surface area (Å²) in [6.07, 6.45) is 13.4. The third kappa shape index (κ3) is 2.34. The van der Waals surface area contributed by atoms with Gasteiger partial charge in [0.2, 0.25) is 0 Å². The van der Waals surface area contributed by atoms with Crippen LogP contribution < -0.4 is 4.72 Å². The zero-order valence-corrected chi connectivity index (χ0v) is 13.3. The minimum absolute atomic E-state index is 0.197. The predicted molar refractivity (Wildman–Crippen MR) is 83.8 cm³/mol. The maximum Gasteiger partial charge on any atom is 0.295 e. The second-order valence-electron chi connectivity index (χ2n) is 7.65. The molecule has 0 amide bonds. The monoisotopic (exact) mass is 294 g/mol. The van der Waals surface area contributed by atoms with E-state index < -0.39 is 0 Å². The van der Waals surface area contributed by atoms with E-state index in [9.17, 15) is 0 Å². The SMILES string of the molecule is CC12CCC(N=C3NS[C@H]4CCCC[C@H]4O3)(CC1)CC2. The molecular weight excluding hydrogens is 268 g/mol. The summed E-state index contributed by atoms with van der Waals surface area (Å²) >= 11 is 1.86. The van der Waals surface area contributed by atoms with Gasteiger partial charge in [0, 0.05) is 0 Å². The van der Waals surface area contributed by atoms with Crippen molar-refractivity contribution in [2.24, 2.45) is 10.4 Å². The Bertz CT molecular complexity index is 398. The quantitative estimate of drug-likeness (QED) is 0.741. The zero-order chi connectivity index (χ0) is 13.6. The number of fused-ring (bicyclic) bond motifs is 4. The van der Waals surface area contributed by atoms with Crippen LogP contribution in [0.4, 0.5) is 0 Å². The van der Waals surface area contributed by atoms with Gasteiger partial charge in [-0.05, 0) is 75.2 Å². The first kappa shape index (κ1) is 13.3. The summed E-state index contributed by atoms with van der Waals surface area (Å²) in [6.45, 7) is 2.46. The van der Waals surface area contributed by atoms with Gasteiger partial charge in [-0.3, -0.25) is 4.72 Å². The van der Waals surface area contributed by atoms with Crippen molar-refractivity contribution in [2.45, 2.75) is 88.0 Å². The van der Waals surface area contributed by atoms with Crippen molar-refractivity contribution < 1.29 is 4.74 Å². The fourth-order valence-electron chi connectivity index (χ4n) is 4.41. The molecule has 3 nitrogen and oxygen atoms in total.